The van der Waals surface area contributed by atoms with Crippen molar-refractivity contribution in [2.24, 2.45) is 0 Å². The predicted octanol–water partition coefficient (Wildman–Crippen LogP) is 3.33. The van der Waals surface area contributed by atoms with E-state index in [1.807, 2.05) is 0 Å². The lowest BCUT2D eigenvalue weighted by Crippen LogP contribution is -2.15. The molecule has 0 aliphatic rings. The van der Waals surface area contributed by atoms with Crippen LogP contribution < -0.4 is 0 Å². The van der Waals surface area contributed by atoms with E-state index in [4.69, 9.17) is 9.47 Å². The highest BCUT2D eigenvalue weighted by Gasteiger charge is 2.29. The second-order valence-electron chi connectivity index (χ2n) is 4.49. The summed E-state index contributed by atoms with van der Waals surface area (Å²) in [5.41, 5.74) is 0.568. The van der Waals surface area contributed by atoms with E-state index in [1.165, 1.54) is 5.38 Å². The number of rotatable bonds is 6. The summed E-state index contributed by atoms with van der Waals surface area (Å²) in [6, 6.07) is 8.56. The van der Waals surface area contributed by atoms with Crippen LogP contribution in [0.3, 0.4) is 0 Å². The van der Waals surface area contributed by atoms with Crippen molar-refractivity contribution in [3.8, 4) is 0 Å². The molecule has 0 amide bonds. The molecule has 1 aromatic carbocycles. The van der Waals surface area contributed by atoms with E-state index in [0.717, 1.165) is 11.3 Å². The average Bonchev–Trinajstić information content (AvgIpc) is 3.00. The lowest BCUT2D eigenvalue weighted by Gasteiger charge is -2.06. The van der Waals surface area contributed by atoms with E-state index in [9.17, 15) is 14.4 Å². The van der Waals surface area contributed by atoms with Gasteiger partial charge in [-0.3, -0.25) is 4.79 Å². The van der Waals surface area contributed by atoms with Crippen molar-refractivity contribution in [3.05, 3.63) is 57.3 Å². The average molecular weight is 332 g/mol. The van der Waals surface area contributed by atoms with Crippen molar-refractivity contribution in [1.29, 1.82) is 0 Å². The van der Waals surface area contributed by atoms with Gasteiger partial charge in [0, 0.05) is 16.5 Å². The summed E-state index contributed by atoms with van der Waals surface area (Å²) in [5.74, 6) is -1.66. The number of benzene rings is 1. The number of hydrogen-bond acceptors (Lipinski definition) is 6. The van der Waals surface area contributed by atoms with Crippen LogP contribution in [0.15, 0.2) is 35.7 Å². The number of hydrogen-bond donors (Lipinski definition) is 0. The minimum atomic E-state index is -0.698. The van der Waals surface area contributed by atoms with Gasteiger partial charge >= 0.3 is 11.9 Å². The predicted molar refractivity (Wildman–Crippen MR) is 86.1 cm³/mol. The van der Waals surface area contributed by atoms with Crippen molar-refractivity contribution in [2.75, 3.05) is 13.2 Å². The highest BCUT2D eigenvalue weighted by atomic mass is 32.1. The third kappa shape index (κ3) is 3.65. The van der Waals surface area contributed by atoms with Gasteiger partial charge in [0.25, 0.3) is 0 Å². The zero-order valence-corrected chi connectivity index (χ0v) is 13.6. The van der Waals surface area contributed by atoms with Gasteiger partial charge in [-0.1, -0.05) is 30.3 Å². The van der Waals surface area contributed by atoms with Crippen LogP contribution >= 0.6 is 11.3 Å². The number of esters is 2. The lowest BCUT2D eigenvalue weighted by molar-refractivity contribution is 0.0482. The fraction of sp³-hybridized carbons (Fsp3) is 0.235. The van der Waals surface area contributed by atoms with Gasteiger partial charge < -0.3 is 9.47 Å². The Labute approximate surface area is 137 Å². The molecule has 5 nitrogen and oxygen atoms in total. The Bertz CT molecular complexity index is 718. The van der Waals surface area contributed by atoms with Crippen LogP contribution in [0.25, 0.3) is 0 Å². The monoisotopic (exact) mass is 332 g/mol. The molecule has 6 heteroatoms. The van der Waals surface area contributed by atoms with Crippen molar-refractivity contribution in [1.82, 2.24) is 0 Å². The van der Waals surface area contributed by atoms with E-state index >= 15 is 0 Å². The number of ketones is 1. The standard InChI is InChI=1S/C17H16O5S/c1-3-21-16(19)13-12(10-23-15(13)17(20)22-4-2)14(18)11-8-6-5-7-9-11/h5-10H,3-4H2,1-2H3. The second-order valence-corrected chi connectivity index (χ2v) is 5.37. The number of thiophene rings is 1. The maximum atomic E-state index is 12.6. The molecule has 0 unspecified atom stereocenters. The fourth-order valence-corrected chi connectivity index (χ4v) is 2.95. The van der Waals surface area contributed by atoms with Crippen LogP contribution in [0.2, 0.25) is 0 Å². The topological polar surface area (TPSA) is 69.7 Å². The first-order valence-corrected chi connectivity index (χ1v) is 8.03. The molecule has 1 aromatic heterocycles. The fourth-order valence-electron chi connectivity index (χ4n) is 2.02. The van der Waals surface area contributed by atoms with Gasteiger partial charge in [0.15, 0.2) is 5.78 Å². The Morgan fingerprint density at radius 1 is 0.957 bits per heavy atom. The maximum absolute atomic E-state index is 12.6. The summed E-state index contributed by atoms with van der Waals surface area (Å²) in [6.07, 6.45) is 0. The molecule has 120 valence electrons. The Hall–Kier alpha value is -2.47. The van der Waals surface area contributed by atoms with Crippen molar-refractivity contribution < 1.29 is 23.9 Å². The van der Waals surface area contributed by atoms with Crippen LogP contribution in [0, 0.1) is 0 Å². The van der Waals surface area contributed by atoms with Gasteiger partial charge in [0.05, 0.1) is 18.8 Å². The molecule has 0 saturated heterocycles. The van der Waals surface area contributed by atoms with E-state index < -0.39 is 11.9 Å². The van der Waals surface area contributed by atoms with Crippen molar-refractivity contribution in [2.45, 2.75) is 13.8 Å². The number of ether oxygens (including phenoxy) is 2. The minimum Gasteiger partial charge on any atom is -0.462 e. The summed E-state index contributed by atoms with van der Waals surface area (Å²) in [6.45, 7) is 3.66. The molecule has 0 atom stereocenters. The first-order valence-electron chi connectivity index (χ1n) is 7.15. The highest BCUT2D eigenvalue weighted by Crippen LogP contribution is 2.27. The summed E-state index contributed by atoms with van der Waals surface area (Å²) in [4.78, 5) is 36.9. The molecule has 23 heavy (non-hydrogen) atoms. The van der Waals surface area contributed by atoms with Crippen LogP contribution in [-0.4, -0.2) is 30.9 Å². The zero-order chi connectivity index (χ0) is 16.8. The largest absolute Gasteiger partial charge is 0.462 e. The molecule has 0 saturated carbocycles. The van der Waals surface area contributed by atoms with Gasteiger partial charge in [-0.05, 0) is 13.8 Å². The SMILES string of the molecule is CCOC(=O)c1scc(C(=O)c2ccccc2)c1C(=O)OCC. The molecular formula is C17H16O5S. The molecule has 2 rings (SSSR count). The Balaban J connectivity index is 2.49. The van der Waals surface area contributed by atoms with Gasteiger partial charge in [-0.15, -0.1) is 11.3 Å². The molecule has 0 aliphatic heterocycles. The zero-order valence-electron chi connectivity index (χ0n) is 12.8. The van der Waals surface area contributed by atoms with E-state index in [1.54, 1.807) is 44.2 Å². The van der Waals surface area contributed by atoms with Gasteiger partial charge in [-0.25, -0.2) is 9.59 Å². The quantitative estimate of drug-likeness (QED) is 0.599. The molecule has 0 fully saturated rings. The summed E-state index contributed by atoms with van der Waals surface area (Å²) >= 11 is 1.01. The maximum Gasteiger partial charge on any atom is 0.349 e. The third-order valence-corrected chi connectivity index (χ3v) is 3.97. The smallest absolute Gasteiger partial charge is 0.349 e. The van der Waals surface area contributed by atoms with Crippen LogP contribution in [0.4, 0.5) is 0 Å². The van der Waals surface area contributed by atoms with E-state index in [-0.39, 0.29) is 35.0 Å². The van der Waals surface area contributed by atoms with Gasteiger partial charge in [0.1, 0.15) is 4.88 Å². The Kier molecular flexibility index (Phi) is 5.65. The molecular weight excluding hydrogens is 316 g/mol. The Morgan fingerprint density at radius 3 is 2.17 bits per heavy atom. The normalized spacial score (nSPS) is 10.2. The Morgan fingerprint density at radius 2 is 1.57 bits per heavy atom. The van der Waals surface area contributed by atoms with E-state index in [2.05, 4.69) is 0 Å². The number of carbonyl (C=O) groups is 3. The minimum absolute atomic E-state index is 0.0239. The molecule has 1 heterocycles. The van der Waals surface area contributed by atoms with Crippen molar-refractivity contribution >= 4 is 29.1 Å². The molecule has 2 aromatic rings. The summed E-state index contributed by atoms with van der Waals surface area (Å²) in [5, 5.41) is 1.49. The van der Waals surface area contributed by atoms with Gasteiger partial charge in [0.2, 0.25) is 0 Å². The lowest BCUT2D eigenvalue weighted by atomic mass is 10.0. The molecule has 0 bridgehead atoms. The van der Waals surface area contributed by atoms with E-state index in [0.29, 0.717) is 5.56 Å². The van der Waals surface area contributed by atoms with Crippen LogP contribution in [0.5, 0.6) is 0 Å². The molecule has 0 aliphatic carbocycles. The molecule has 0 radical (unpaired) electrons. The van der Waals surface area contributed by atoms with Crippen LogP contribution in [-0.2, 0) is 9.47 Å². The van der Waals surface area contributed by atoms with Crippen molar-refractivity contribution in [3.63, 3.8) is 0 Å². The highest BCUT2D eigenvalue weighted by molar-refractivity contribution is 7.12. The molecule has 0 spiro atoms. The number of carbonyl (C=O) groups excluding carboxylic acids is 3. The summed E-state index contributed by atoms with van der Waals surface area (Å²) in [7, 11) is 0. The first-order chi connectivity index (χ1) is 11.1. The molecule has 0 N–H and O–H groups in total. The van der Waals surface area contributed by atoms with Crippen LogP contribution in [0.1, 0.15) is 49.8 Å². The first kappa shape index (κ1) is 16.9. The second kappa shape index (κ2) is 7.69. The van der Waals surface area contributed by atoms with Gasteiger partial charge in [-0.2, -0.15) is 0 Å². The third-order valence-electron chi connectivity index (χ3n) is 3.01. The summed E-state index contributed by atoms with van der Waals surface area (Å²) < 4.78 is 9.94.